The van der Waals surface area contributed by atoms with E-state index in [-0.39, 0.29) is 24.2 Å². The van der Waals surface area contributed by atoms with Gasteiger partial charge in [-0.3, -0.25) is 9.59 Å². The molecule has 0 saturated carbocycles. The SMILES string of the molecule is CC(=O)NCC(=O)Nc1ccc(F)cc1. The molecule has 1 aromatic carbocycles. The maximum Gasteiger partial charge on any atom is 0.243 e. The van der Waals surface area contributed by atoms with E-state index >= 15 is 0 Å². The number of carbonyl (C=O) groups is 2. The second kappa shape index (κ2) is 5.09. The Kier molecular flexibility index (Phi) is 3.79. The Balaban J connectivity index is 2.44. The molecule has 0 bridgehead atoms. The Bertz CT molecular complexity index is 362. The second-order valence-electron chi connectivity index (χ2n) is 2.96. The van der Waals surface area contributed by atoms with E-state index in [4.69, 9.17) is 0 Å². The highest BCUT2D eigenvalue weighted by atomic mass is 19.1. The molecule has 1 aromatic rings. The fraction of sp³-hybridized carbons (Fsp3) is 0.200. The molecular formula is C10H11FN2O2. The third-order valence-corrected chi connectivity index (χ3v) is 1.63. The van der Waals surface area contributed by atoms with Crippen LogP contribution in [0.3, 0.4) is 0 Å². The Morgan fingerprint density at radius 1 is 1.27 bits per heavy atom. The summed E-state index contributed by atoms with van der Waals surface area (Å²) in [5.74, 6) is -0.990. The van der Waals surface area contributed by atoms with Gasteiger partial charge in [-0.15, -0.1) is 0 Å². The van der Waals surface area contributed by atoms with Crippen LogP contribution in [0.15, 0.2) is 24.3 Å². The van der Waals surface area contributed by atoms with Gasteiger partial charge < -0.3 is 10.6 Å². The molecule has 2 N–H and O–H groups in total. The van der Waals surface area contributed by atoms with Gasteiger partial charge in [-0.05, 0) is 24.3 Å². The van der Waals surface area contributed by atoms with Crippen LogP contribution >= 0.6 is 0 Å². The van der Waals surface area contributed by atoms with Crippen molar-refractivity contribution < 1.29 is 14.0 Å². The minimum atomic E-state index is -0.366. The van der Waals surface area contributed by atoms with Gasteiger partial charge in [0, 0.05) is 12.6 Å². The summed E-state index contributed by atoms with van der Waals surface area (Å²) in [5, 5.41) is 4.86. The fourth-order valence-electron chi connectivity index (χ4n) is 0.943. The molecule has 0 aliphatic carbocycles. The number of hydrogen-bond acceptors (Lipinski definition) is 2. The van der Waals surface area contributed by atoms with Gasteiger partial charge in [-0.2, -0.15) is 0 Å². The van der Waals surface area contributed by atoms with E-state index in [1.807, 2.05) is 0 Å². The van der Waals surface area contributed by atoms with Gasteiger partial charge in [0.25, 0.3) is 0 Å². The monoisotopic (exact) mass is 210 g/mol. The van der Waals surface area contributed by atoms with E-state index in [2.05, 4.69) is 10.6 Å². The summed E-state index contributed by atoms with van der Waals surface area (Å²) in [4.78, 5) is 21.7. The van der Waals surface area contributed by atoms with E-state index in [9.17, 15) is 14.0 Å². The molecule has 0 atom stereocenters. The molecule has 0 fully saturated rings. The highest BCUT2D eigenvalue weighted by molar-refractivity contribution is 5.94. The zero-order chi connectivity index (χ0) is 11.3. The van der Waals surface area contributed by atoms with Crippen LogP contribution in [0.25, 0.3) is 0 Å². The number of carbonyl (C=O) groups excluding carboxylic acids is 2. The van der Waals surface area contributed by atoms with Crippen molar-refractivity contribution in [2.24, 2.45) is 0 Å². The number of benzene rings is 1. The van der Waals surface area contributed by atoms with Gasteiger partial charge in [0.2, 0.25) is 11.8 Å². The summed E-state index contributed by atoms with van der Waals surface area (Å²) < 4.78 is 12.5. The predicted octanol–water partition coefficient (Wildman–Crippen LogP) is 0.900. The lowest BCUT2D eigenvalue weighted by Gasteiger charge is -2.04. The topological polar surface area (TPSA) is 58.2 Å². The van der Waals surface area contributed by atoms with Gasteiger partial charge in [0.15, 0.2) is 0 Å². The summed E-state index contributed by atoms with van der Waals surface area (Å²) >= 11 is 0. The van der Waals surface area contributed by atoms with Crippen LogP contribution in [-0.2, 0) is 9.59 Å². The number of rotatable bonds is 3. The number of nitrogens with one attached hydrogen (secondary N) is 2. The molecule has 4 nitrogen and oxygen atoms in total. The first kappa shape index (κ1) is 11.2. The first-order valence-corrected chi connectivity index (χ1v) is 4.38. The number of amides is 2. The van der Waals surface area contributed by atoms with E-state index in [0.29, 0.717) is 5.69 Å². The van der Waals surface area contributed by atoms with Gasteiger partial charge in [-0.25, -0.2) is 4.39 Å². The fourth-order valence-corrected chi connectivity index (χ4v) is 0.943. The molecule has 0 aliphatic heterocycles. The third-order valence-electron chi connectivity index (χ3n) is 1.63. The zero-order valence-electron chi connectivity index (χ0n) is 8.21. The van der Waals surface area contributed by atoms with E-state index in [0.717, 1.165) is 0 Å². The first-order valence-electron chi connectivity index (χ1n) is 4.38. The third kappa shape index (κ3) is 4.21. The molecular weight excluding hydrogens is 199 g/mol. The highest BCUT2D eigenvalue weighted by Crippen LogP contribution is 2.07. The summed E-state index contributed by atoms with van der Waals surface area (Å²) in [6.45, 7) is 1.23. The van der Waals surface area contributed by atoms with Crippen molar-refractivity contribution in [3.8, 4) is 0 Å². The minimum Gasteiger partial charge on any atom is -0.347 e. The summed E-state index contributed by atoms with van der Waals surface area (Å²) in [7, 11) is 0. The van der Waals surface area contributed by atoms with Crippen molar-refractivity contribution in [2.45, 2.75) is 6.92 Å². The van der Waals surface area contributed by atoms with Crippen LogP contribution in [0, 0.1) is 5.82 Å². The average Bonchev–Trinajstić information content (AvgIpc) is 2.19. The van der Waals surface area contributed by atoms with Crippen molar-refractivity contribution >= 4 is 17.5 Å². The normalized spacial score (nSPS) is 9.47. The largest absolute Gasteiger partial charge is 0.347 e. The van der Waals surface area contributed by atoms with Gasteiger partial charge >= 0.3 is 0 Å². The smallest absolute Gasteiger partial charge is 0.243 e. The molecule has 0 saturated heterocycles. The Morgan fingerprint density at radius 3 is 2.40 bits per heavy atom. The van der Waals surface area contributed by atoms with Crippen LogP contribution in [0.1, 0.15) is 6.92 Å². The first-order chi connectivity index (χ1) is 7.08. The van der Waals surface area contributed by atoms with Crippen molar-refractivity contribution in [3.63, 3.8) is 0 Å². The van der Waals surface area contributed by atoms with Crippen molar-refractivity contribution in [1.29, 1.82) is 0 Å². The number of halogens is 1. The Labute approximate surface area is 86.5 Å². The maximum atomic E-state index is 12.5. The highest BCUT2D eigenvalue weighted by Gasteiger charge is 2.02. The van der Waals surface area contributed by atoms with Gasteiger partial charge in [0.05, 0.1) is 6.54 Å². The molecule has 2 amide bonds. The molecule has 0 heterocycles. The summed E-state index contributed by atoms with van der Waals surface area (Å²) in [6.07, 6.45) is 0. The molecule has 0 aliphatic rings. The molecule has 5 heteroatoms. The van der Waals surface area contributed by atoms with Crippen LogP contribution in [0.2, 0.25) is 0 Å². The minimum absolute atomic E-state index is 0.0906. The van der Waals surface area contributed by atoms with Crippen LogP contribution in [-0.4, -0.2) is 18.4 Å². The van der Waals surface area contributed by atoms with Gasteiger partial charge in [0.1, 0.15) is 5.82 Å². The van der Waals surface area contributed by atoms with Crippen molar-refractivity contribution in [1.82, 2.24) is 5.32 Å². The standard InChI is InChI=1S/C10H11FN2O2/c1-7(14)12-6-10(15)13-9-4-2-8(11)3-5-9/h2-5H,6H2,1H3,(H,12,14)(H,13,15). The molecule has 0 aromatic heterocycles. The summed E-state index contributed by atoms with van der Waals surface area (Å²) in [6, 6.07) is 5.38. The maximum absolute atomic E-state index is 12.5. The molecule has 15 heavy (non-hydrogen) atoms. The quantitative estimate of drug-likeness (QED) is 0.778. The second-order valence-corrected chi connectivity index (χ2v) is 2.96. The Hall–Kier alpha value is -1.91. The van der Waals surface area contributed by atoms with E-state index < -0.39 is 0 Å². The zero-order valence-corrected chi connectivity index (χ0v) is 8.21. The molecule has 0 radical (unpaired) electrons. The van der Waals surface area contributed by atoms with Crippen LogP contribution in [0.4, 0.5) is 10.1 Å². The number of anilines is 1. The lowest BCUT2D eigenvalue weighted by atomic mass is 10.3. The lowest BCUT2D eigenvalue weighted by Crippen LogP contribution is -2.31. The van der Waals surface area contributed by atoms with Crippen molar-refractivity contribution in [3.05, 3.63) is 30.1 Å². The Morgan fingerprint density at radius 2 is 1.87 bits per heavy atom. The van der Waals surface area contributed by atoms with Gasteiger partial charge in [-0.1, -0.05) is 0 Å². The number of hydrogen-bond donors (Lipinski definition) is 2. The average molecular weight is 210 g/mol. The van der Waals surface area contributed by atoms with Crippen LogP contribution in [0.5, 0.6) is 0 Å². The lowest BCUT2D eigenvalue weighted by molar-refractivity contribution is -0.122. The van der Waals surface area contributed by atoms with E-state index in [1.165, 1.54) is 31.2 Å². The molecule has 0 unspecified atom stereocenters. The molecule has 80 valence electrons. The molecule has 1 rings (SSSR count). The van der Waals surface area contributed by atoms with E-state index in [1.54, 1.807) is 0 Å². The molecule has 0 spiro atoms. The van der Waals surface area contributed by atoms with Crippen molar-refractivity contribution in [2.75, 3.05) is 11.9 Å². The predicted molar refractivity (Wildman–Crippen MR) is 53.7 cm³/mol. The van der Waals surface area contributed by atoms with Crippen LogP contribution < -0.4 is 10.6 Å². The summed E-state index contributed by atoms with van der Waals surface area (Å²) in [5.41, 5.74) is 0.492.